The third kappa shape index (κ3) is 3.94. The summed E-state index contributed by atoms with van der Waals surface area (Å²) in [5, 5.41) is 8.85. The lowest BCUT2D eigenvalue weighted by Crippen LogP contribution is -2.42. The summed E-state index contributed by atoms with van der Waals surface area (Å²) in [7, 11) is 1.82. The molecule has 1 aliphatic heterocycles. The van der Waals surface area contributed by atoms with Gasteiger partial charge in [0.25, 0.3) is 0 Å². The number of guanidine groups is 1. The van der Waals surface area contributed by atoms with E-state index in [4.69, 9.17) is 0 Å². The molecule has 1 aromatic rings. The number of hydrogen-bond donors (Lipinski definition) is 2. The molecule has 2 heterocycles. The van der Waals surface area contributed by atoms with E-state index in [0.29, 0.717) is 6.04 Å². The van der Waals surface area contributed by atoms with E-state index in [9.17, 15) is 0 Å². The Morgan fingerprint density at radius 2 is 2.21 bits per heavy atom. The minimum absolute atomic E-state index is 0.470. The number of nitrogens with one attached hydrogen (secondary N) is 2. The van der Waals surface area contributed by atoms with Crippen LogP contribution in [0.3, 0.4) is 0 Å². The molecule has 0 saturated carbocycles. The predicted molar refractivity (Wildman–Crippen MR) is 82.9 cm³/mol. The maximum Gasteiger partial charge on any atom is 0.191 e. The van der Waals surface area contributed by atoms with E-state index in [0.717, 1.165) is 19.0 Å². The minimum atomic E-state index is 0.470. The monoisotopic (exact) mass is 280 g/mol. The topological polar surface area (TPSA) is 39.7 Å². The molecule has 2 N–H and O–H groups in total. The zero-order valence-electron chi connectivity index (χ0n) is 11.9. The van der Waals surface area contributed by atoms with Gasteiger partial charge in [0.1, 0.15) is 0 Å². The van der Waals surface area contributed by atoms with Crippen LogP contribution in [-0.2, 0) is 0 Å². The lowest BCUT2D eigenvalue weighted by Gasteiger charge is -2.27. The van der Waals surface area contributed by atoms with Gasteiger partial charge in [-0.3, -0.25) is 9.89 Å². The van der Waals surface area contributed by atoms with Crippen molar-refractivity contribution >= 4 is 17.3 Å². The second kappa shape index (κ2) is 7.50. The van der Waals surface area contributed by atoms with Crippen molar-refractivity contribution in [1.82, 2.24) is 15.5 Å². The normalized spacial score (nSPS) is 18.5. The zero-order valence-corrected chi connectivity index (χ0v) is 12.7. The van der Waals surface area contributed by atoms with E-state index >= 15 is 0 Å². The van der Waals surface area contributed by atoms with E-state index in [-0.39, 0.29) is 0 Å². The van der Waals surface area contributed by atoms with Crippen molar-refractivity contribution in [3.05, 3.63) is 22.4 Å². The van der Waals surface area contributed by atoms with Crippen LogP contribution in [0.25, 0.3) is 0 Å². The van der Waals surface area contributed by atoms with Crippen LogP contribution in [0.15, 0.2) is 22.5 Å². The van der Waals surface area contributed by atoms with Crippen LogP contribution in [0.5, 0.6) is 0 Å². The standard InChI is InChI=1S/C14H24N4S/c1-3-16-14(15-2)17-11-12(13-7-6-10-19-13)18-8-4-5-9-18/h6-7,10,12H,3-5,8-9,11H2,1-2H3,(H2,15,16,17). The molecule has 2 rings (SSSR count). The highest BCUT2D eigenvalue weighted by Gasteiger charge is 2.24. The van der Waals surface area contributed by atoms with Crippen LogP contribution < -0.4 is 10.6 Å². The van der Waals surface area contributed by atoms with Crippen molar-refractivity contribution in [2.24, 2.45) is 4.99 Å². The Labute approximate surface area is 119 Å². The van der Waals surface area contributed by atoms with Crippen LogP contribution in [0.1, 0.15) is 30.7 Å². The fourth-order valence-corrected chi connectivity index (χ4v) is 3.39. The van der Waals surface area contributed by atoms with Gasteiger partial charge >= 0.3 is 0 Å². The Morgan fingerprint density at radius 3 is 2.79 bits per heavy atom. The smallest absolute Gasteiger partial charge is 0.191 e. The molecule has 0 bridgehead atoms. The number of nitrogens with zero attached hydrogens (tertiary/aromatic N) is 2. The van der Waals surface area contributed by atoms with E-state index in [1.165, 1.54) is 30.8 Å². The Kier molecular flexibility index (Phi) is 5.66. The average Bonchev–Trinajstić information content (AvgIpc) is 3.11. The fraction of sp³-hybridized carbons (Fsp3) is 0.643. The van der Waals surface area contributed by atoms with E-state index in [1.807, 2.05) is 18.4 Å². The first-order valence-corrected chi connectivity index (χ1v) is 7.95. The third-order valence-corrected chi connectivity index (χ3v) is 4.46. The van der Waals surface area contributed by atoms with Gasteiger partial charge in [0.05, 0.1) is 6.04 Å². The van der Waals surface area contributed by atoms with Gasteiger partial charge in [0.15, 0.2) is 5.96 Å². The summed E-state index contributed by atoms with van der Waals surface area (Å²) >= 11 is 1.85. The molecule has 19 heavy (non-hydrogen) atoms. The summed E-state index contributed by atoms with van der Waals surface area (Å²) in [6.45, 7) is 6.32. The highest BCUT2D eigenvalue weighted by atomic mass is 32.1. The summed E-state index contributed by atoms with van der Waals surface area (Å²) in [6, 6.07) is 4.85. The maximum atomic E-state index is 4.24. The highest BCUT2D eigenvalue weighted by Crippen LogP contribution is 2.27. The van der Waals surface area contributed by atoms with Crippen molar-refractivity contribution < 1.29 is 0 Å². The molecule has 0 aliphatic carbocycles. The van der Waals surface area contributed by atoms with Crippen LogP contribution >= 0.6 is 11.3 Å². The van der Waals surface area contributed by atoms with Gasteiger partial charge in [-0.15, -0.1) is 11.3 Å². The van der Waals surface area contributed by atoms with Crippen LogP contribution in [0.2, 0.25) is 0 Å². The Bertz CT molecular complexity index is 382. The van der Waals surface area contributed by atoms with Gasteiger partial charge in [0.2, 0.25) is 0 Å². The summed E-state index contributed by atoms with van der Waals surface area (Å²) in [5.41, 5.74) is 0. The summed E-state index contributed by atoms with van der Waals surface area (Å²) in [5.74, 6) is 0.892. The molecule has 1 aromatic heterocycles. The second-order valence-electron chi connectivity index (χ2n) is 4.76. The second-order valence-corrected chi connectivity index (χ2v) is 5.74. The summed E-state index contributed by atoms with van der Waals surface area (Å²) < 4.78 is 0. The third-order valence-electron chi connectivity index (χ3n) is 3.48. The van der Waals surface area contributed by atoms with Gasteiger partial charge in [-0.2, -0.15) is 0 Å². The van der Waals surface area contributed by atoms with Crippen molar-refractivity contribution in [3.63, 3.8) is 0 Å². The minimum Gasteiger partial charge on any atom is -0.357 e. The molecule has 4 nitrogen and oxygen atoms in total. The quantitative estimate of drug-likeness (QED) is 0.641. The van der Waals surface area contributed by atoms with Crippen molar-refractivity contribution in [2.45, 2.75) is 25.8 Å². The molecular weight excluding hydrogens is 256 g/mol. The van der Waals surface area contributed by atoms with Crippen LogP contribution in [-0.4, -0.2) is 44.1 Å². The van der Waals surface area contributed by atoms with E-state index in [2.05, 4.69) is 45.0 Å². The summed E-state index contributed by atoms with van der Waals surface area (Å²) in [4.78, 5) is 8.26. The van der Waals surface area contributed by atoms with Crippen molar-refractivity contribution in [2.75, 3.05) is 33.2 Å². The van der Waals surface area contributed by atoms with Gasteiger partial charge in [-0.05, 0) is 44.3 Å². The first-order chi connectivity index (χ1) is 9.35. The molecule has 1 fully saturated rings. The van der Waals surface area contributed by atoms with Gasteiger partial charge in [-0.1, -0.05) is 6.07 Å². The van der Waals surface area contributed by atoms with Gasteiger partial charge in [0, 0.05) is 25.0 Å². The van der Waals surface area contributed by atoms with Crippen LogP contribution in [0, 0.1) is 0 Å². The van der Waals surface area contributed by atoms with E-state index in [1.54, 1.807) is 0 Å². The zero-order chi connectivity index (χ0) is 13.5. The molecule has 5 heteroatoms. The summed E-state index contributed by atoms with van der Waals surface area (Å²) in [6.07, 6.45) is 2.65. The fourth-order valence-electron chi connectivity index (χ4n) is 2.53. The molecule has 106 valence electrons. The number of likely N-dealkylation sites (tertiary alicyclic amines) is 1. The molecule has 1 aliphatic rings. The Hall–Kier alpha value is -1.07. The molecule has 1 atom stereocenters. The maximum absolute atomic E-state index is 4.24. The number of aliphatic imine (C=N–C) groups is 1. The van der Waals surface area contributed by atoms with Gasteiger partial charge in [-0.25, -0.2) is 0 Å². The number of hydrogen-bond acceptors (Lipinski definition) is 3. The lowest BCUT2D eigenvalue weighted by molar-refractivity contribution is 0.249. The highest BCUT2D eigenvalue weighted by molar-refractivity contribution is 7.10. The predicted octanol–water partition coefficient (Wildman–Crippen LogP) is 2.07. The van der Waals surface area contributed by atoms with Crippen molar-refractivity contribution in [3.8, 4) is 0 Å². The first kappa shape index (κ1) is 14.3. The number of rotatable bonds is 5. The van der Waals surface area contributed by atoms with Crippen molar-refractivity contribution in [1.29, 1.82) is 0 Å². The SMILES string of the molecule is CCNC(=NC)NCC(c1cccs1)N1CCCC1. The first-order valence-electron chi connectivity index (χ1n) is 7.07. The van der Waals surface area contributed by atoms with E-state index < -0.39 is 0 Å². The molecule has 0 spiro atoms. The van der Waals surface area contributed by atoms with Crippen LogP contribution in [0.4, 0.5) is 0 Å². The molecule has 0 amide bonds. The number of thiophene rings is 1. The molecular formula is C14H24N4S. The molecule has 0 radical (unpaired) electrons. The lowest BCUT2D eigenvalue weighted by atomic mass is 10.2. The molecule has 0 aromatic carbocycles. The Morgan fingerprint density at radius 1 is 1.42 bits per heavy atom. The Balaban J connectivity index is 1.98. The molecule has 1 saturated heterocycles. The van der Waals surface area contributed by atoms with Gasteiger partial charge < -0.3 is 10.6 Å². The average molecular weight is 280 g/mol. The molecule has 1 unspecified atom stereocenters. The largest absolute Gasteiger partial charge is 0.357 e.